The number of nitrogens with zero attached hydrogens (tertiary/aromatic N) is 3. The Balaban J connectivity index is 1.35. The van der Waals surface area contributed by atoms with Crippen LogP contribution in [0.15, 0.2) is 53.0 Å². The lowest BCUT2D eigenvalue weighted by Crippen LogP contribution is -2.46. The van der Waals surface area contributed by atoms with Gasteiger partial charge in [-0.05, 0) is 30.2 Å². The fourth-order valence-electron chi connectivity index (χ4n) is 3.12. The molecule has 2 aromatic carbocycles. The monoisotopic (exact) mass is 401 g/mol. The van der Waals surface area contributed by atoms with Crippen molar-refractivity contribution in [2.24, 2.45) is 0 Å². The number of thiazole rings is 1. The van der Waals surface area contributed by atoms with E-state index in [1.54, 1.807) is 11.3 Å². The van der Waals surface area contributed by atoms with Gasteiger partial charge in [-0.25, -0.2) is 4.98 Å². The fourth-order valence-corrected chi connectivity index (χ4v) is 4.69. The molecule has 0 radical (unpaired) electrons. The number of benzene rings is 2. The third-order valence-corrected chi connectivity index (χ3v) is 6.11. The molecule has 0 atom stereocenters. The standard InChI is InChI=1S/C19H20BrN3S/c20-16-6-7-17-18(14-16)24-19(21-17)23-12-10-22(11-13-23)9-8-15-4-2-1-3-5-15/h1-7,14H,8-13H2. The lowest BCUT2D eigenvalue weighted by Gasteiger charge is -2.34. The van der Waals surface area contributed by atoms with E-state index in [4.69, 9.17) is 4.98 Å². The molecule has 1 aliphatic heterocycles. The Morgan fingerprint density at radius 1 is 1.00 bits per heavy atom. The fraction of sp³-hybridized carbons (Fsp3) is 0.316. The van der Waals surface area contributed by atoms with E-state index in [0.29, 0.717) is 0 Å². The summed E-state index contributed by atoms with van der Waals surface area (Å²) in [7, 11) is 0. The van der Waals surface area contributed by atoms with Gasteiger partial charge >= 0.3 is 0 Å². The summed E-state index contributed by atoms with van der Waals surface area (Å²) in [5.74, 6) is 0. The molecule has 1 saturated heterocycles. The van der Waals surface area contributed by atoms with Crippen LogP contribution in [-0.4, -0.2) is 42.6 Å². The second kappa shape index (κ2) is 7.21. The van der Waals surface area contributed by atoms with Gasteiger partial charge in [-0.3, -0.25) is 4.90 Å². The third-order valence-electron chi connectivity index (χ3n) is 4.54. The van der Waals surface area contributed by atoms with Crippen LogP contribution in [-0.2, 0) is 6.42 Å². The molecular formula is C19H20BrN3S. The first-order valence-corrected chi connectivity index (χ1v) is 9.96. The third kappa shape index (κ3) is 3.63. The van der Waals surface area contributed by atoms with Crippen LogP contribution in [0, 0.1) is 0 Å². The lowest BCUT2D eigenvalue weighted by molar-refractivity contribution is 0.261. The predicted molar refractivity (Wildman–Crippen MR) is 106 cm³/mol. The van der Waals surface area contributed by atoms with E-state index in [1.807, 2.05) is 0 Å². The van der Waals surface area contributed by atoms with Gasteiger partial charge in [-0.2, -0.15) is 0 Å². The summed E-state index contributed by atoms with van der Waals surface area (Å²) in [4.78, 5) is 9.79. The van der Waals surface area contributed by atoms with Gasteiger partial charge in [0, 0.05) is 37.2 Å². The van der Waals surface area contributed by atoms with Crippen molar-refractivity contribution >= 4 is 42.6 Å². The zero-order chi connectivity index (χ0) is 16.4. The van der Waals surface area contributed by atoms with Crippen molar-refractivity contribution in [2.45, 2.75) is 6.42 Å². The Morgan fingerprint density at radius 3 is 2.58 bits per heavy atom. The van der Waals surface area contributed by atoms with E-state index >= 15 is 0 Å². The van der Waals surface area contributed by atoms with E-state index in [2.05, 4.69) is 74.3 Å². The second-order valence-electron chi connectivity index (χ2n) is 6.17. The van der Waals surface area contributed by atoms with Crippen molar-refractivity contribution in [1.29, 1.82) is 0 Å². The maximum atomic E-state index is 4.80. The number of piperazine rings is 1. The molecule has 4 rings (SSSR count). The minimum absolute atomic E-state index is 1.07. The van der Waals surface area contributed by atoms with Crippen molar-refractivity contribution in [2.75, 3.05) is 37.6 Å². The molecule has 24 heavy (non-hydrogen) atoms. The normalized spacial score (nSPS) is 16.0. The first-order valence-electron chi connectivity index (χ1n) is 8.35. The molecule has 2 heterocycles. The highest BCUT2D eigenvalue weighted by Crippen LogP contribution is 2.31. The Labute approximate surface area is 155 Å². The Morgan fingerprint density at radius 2 is 1.79 bits per heavy atom. The minimum atomic E-state index is 1.07. The zero-order valence-corrected chi connectivity index (χ0v) is 15.9. The SMILES string of the molecule is Brc1ccc2nc(N3CCN(CCc4ccccc4)CC3)sc2c1. The highest BCUT2D eigenvalue weighted by Gasteiger charge is 2.19. The molecule has 5 heteroatoms. The van der Waals surface area contributed by atoms with Gasteiger partial charge < -0.3 is 4.90 Å². The maximum Gasteiger partial charge on any atom is 0.186 e. The molecule has 1 aromatic heterocycles. The molecule has 0 N–H and O–H groups in total. The van der Waals surface area contributed by atoms with Crippen molar-refractivity contribution in [1.82, 2.24) is 9.88 Å². The van der Waals surface area contributed by atoms with Gasteiger partial charge in [0.15, 0.2) is 5.13 Å². The summed E-state index contributed by atoms with van der Waals surface area (Å²) >= 11 is 5.34. The first kappa shape index (κ1) is 16.1. The molecule has 0 unspecified atom stereocenters. The van der Waals surface area contributed by atoms with Crippen LogP contribution in [0.3, 0.4) is 0 Å². The molecule has 0 aliphatic carbocycles. The van der Waals surface area contributed by atoms with Crippen LogP contribution in [0.25, 0.3) is 10.2 Å². The van der Waals surface area contributed by atoms with Crippen molar-refractivity contribution < 1.29 is 0 Å². The molecule has 0 amide bonds. The highest BCUT2D eigenvalue weighted by molar-refractivity contribution is 9.10. The number of aromatic nitrogens is 1. The number of anilines is 1. The van der Waals surface area contributed by atoms with Gasteiger partial charge in [0.25, 0.3) is 0 Å². The molecular weight excluding hydrogens is 382 g/mol. The topological polar surface area (TPSA) is 19.4 Å². The van der Waals surface area contributed by atoms with Crippen molar-refractivity contribution in [3.8, 4) is 0 Å². The van der Waals surface area contributed by atoms with Crippen molar-refractivity contribution in [3.05, 3.63) is 58.6 Å². The number of rotatable bonds is 4. The Kier molecular flexibility index (Phi) is 4.83. The van der Waals surface area contributed by atoms with Crippen LogP contribution in [0.5, 0.6) is 0 Å². The number of halogens is 1. The highest BCUT2D eigenvalue weighted by atomic mass is 79.9. The summed E-state index contributed by atoms with van der Waals surface area (Å²) in [6, 6.07) is 17.1. The van der Waals surface area contributed by atoms with Gasteiger partial charge in [0.1, 0.15) is 0 Å². The van der Waals surface area contributed by atoms with Crippen LogP contribution in [0.2, 0.25) is 0 Å². The smallest absolute Gasteiger partial charge is 0.186 e. The predicted octanol–water partition coefficient (Wildman–Crippen LogP) is 4.42. The van der Waals surface area contributed by atoms with Crippen LogP contribution in [0.1, 0.15) is 5.56 Å². The summed E-state index contributed by atoms with van der Waals surface area (Å²) in [5, 5.41) is 1.16. The van der Waals surface area contributed by atoms with Gasteiger partial charge in [0.2, 0.25) is 0 Å². The van der Waals surface area contributed by atoms with Crippen LogP contribution >= 0.6 is 27.3 Å². The largest absolute Gasteiger partial charge is 0.345 e. The van der Waals surface area contributed by atoms with Gasteiger partial charge in [-0.15, -0.1) is 0 Å². The molecule has 0 bridgehead atoms. The van der Waals surface area contributed by atoms with Crippen LogP contribution < -0.4 is 4.90 Å². The summed E-state index contributed by atoms with van der Waals surface area (Å²) in [5.41, 5.74) is 2.53. The Hall–Kier alpha value is -1.43. The molecule has 0 saturated carbocycles. The van der Waals surface area contributed by atoms with Gasteiger partial charge in [-0.1, -0.05) is 57.6 Å². The number of hydrogen-bond donors (Lipinski definition) is 0. The molecule has 124 valence electrons. The minimum Gasteiger partial charge on any atom is -0.345 e. The number of fused-ring (bicyclic) bond motifs is 1. The molecule has 3 aromatic rings. The van der Waals surface area contributed by atoms with E-state index in [9.17, 15) is 0 Å². The quantitative estimate of drug-likeness (QED) is 0.644. The first-order chi connectivity index (χ1) is 11.8. The van der Waals surface area contributed by atoms with E-state index < -0.39 is 0 Å². The summed E-state index contributed by atoms with van der Waals surface area (Å²) in [6.07, 6.45) is 1.13. The molecule has 3 nitrogen and oxygen atoms in total. The van der Waals surface area contributed by atoms with Gasteiger partial charge in [0.05, 0.1) is 10.2 Å². The average Bonchev–Trinajstić information content (AvgIpc) is 3.04. The maximum absolute atomic E-state index is 4.80. The average molecular weight is 402 g/mol. The molecule has 0 spiro atoms. The number of hydrogen-bond acceptors (Lipinski definition) is 4. The van der Waals surface area contributed by atoms with Crippen LogP contribution in [0.4, 0.5) is 5.13 Å². The second-order valence-corrected chi connectivity index (χ2v) is 8.10. The molecule has 1 aliphatic rings. The zero-order valence-electron chi connectivity index (χ0n) is 13.5. The van der Waals surface area contributed by atoms with Crippen molar-refractivity contribution in [3.63, 3.8) is 0 Å². The summed E-state index contributed by atoms with van der Waals surface area (Å²) < 4.78 is 2.38. The van der Waals surface area contributed by atoms with E-state index in [-0.39, 0.29) is 0 Å². The van der Waals surface area contributed by atoms with E-state index in [0.717, 1.165) is 54.3 Å². The summed E-state index contributed by atoms with van der Waals surface area (Å²) in [6.45, 7) is 5.51. The molecule has 1 fully saturated rings. The van der Waals surface area contributed by atoms with E-state index in [1.165, 1.54) is 10.3 Å². The Bertz CT molecular complexity index is 810. The lowest BCUT2D eigenvalue weighted by atomic mass is 10.1.